The van der Waals surface area contributed by atoms with E-state index in [0.29, 0.717) is 0 Å². The summed E-state index contributed by atoms with van der Waals surface area (Å²) in [5.74, 6) is -0.0931. The van der Waals surface area contributed by atoms with Gasteiger partial charge < -0.3 is 10.2 Å². The van der Waals surface area contributed by atoms with Crippen molar-refractivity contribution in [1.29, 1.82) is 0 Å². The zero-order chi connectivity index (χ0) is 14.1. The maximum atomic E-state index is 14.3. The Kier molecular flexibility index (Phi) is 3.94. The number of nitrogens with one attached hydrogen (secondary N) is 1. The maximum Gasteiger partial charge on any atom is 0.146 e. The van der Waals surface area contributed by atoms with Crippen LogP contribution in [0.4, 0.5) is 10.1 Å². The van der Waals surface area contributed by atoms with Gasteiger partial charge in [-0.3, -0.25) is 4.90 Å². The van der Waals surface area contributed by atoms with Gasteiger partial charge in [0.15, 0.2) is 0 Å². The van der Waals surface area contributed by atoms with E-state index in [2.05, 4.69) is 15.1 Å². The number of rotatable bonds is 4. The van der Waals surface area contributed by atoms with E-state index >= 15 is 0 Å². The van der Waals surface area contributed by atoms with Gasteiger partial charge in [0.2, 0.25) is 0 Å². The summed E-state index contributed by atoms with van der Waals surface area (Å²) in [6.45, 7) is 6.06. The van der Waals surface area contributed by atoms with Gasteiger partial charge in [0.1, 0.15) is 5.82 Å². The summed E-state index contributed by atoms with van der Waals surface area (Å²) in [6.07, 6.45) is 2.70. The van der Waals surface area contributed by atoms with Gasteiger partial charge in [-0.25, -0.2) is 4.39 Å². The largest absolute Gasteiger partial charge is 0.367 e. The molecule has 4 heteroatoms. The number of halogens is 1. The van der Waals surface area contributed by atoms with Crippen LogP contribution in [0.1, 0.15) is 31.4 Å². The molecule has 1 saturated heterocycles. The molecule has 2 aliphatic rings. The van der Waals surface area contributed by atoms with E-state index in [1.807, 2.05) is 26.1 Å². The van der Waals surface area contributed by atoms with Crippen LogP contribution >= 0.6 is 0 Å². The quantitative estimate of drug-likeness (QED) is 0.911. The Labute approximate surface area is 120 Å². The van der Waals surface area contributed by atoms with Crippen LogP contribution in [0.3, 0.4) is 0 Å². The predicted octanol–water partition coefficient (Wildman–Crippen LogP) is 2.39. The molecule has 0 radical (unpaired) electrons. The van der Waals surface area contributed by atoms with E-state index < -0.39 is 0 Å². The molecule has 1 aliphatic carbocycles. The summed E-state index contributed by atoms with van der Waals surface area (Å²) < 4.78 is 14.3. The average Bonchev–Trinajstić information content (AvgIpc) is 3.31. The van der Waals surface area contributed by atoms with Crippen molar-refractivity contribution >= 4 is 5.69 Å². The molecule has 0 amide bonds. The first-order valence-corrected chi connectivity index (χ1v) is 7.64. The van der Waals surface area contributed by atoms with Crippen LogP contribution in [0.5, 0.6) is 0 Å². The Hall–Kier alpha value is -1.13. The summed E-state index contributed by atoms with van der Waals surface area (Å²) in [6, 6.07) is 6.65. The minimum atomic E-state index is -0.0931. The second-order valence-corrected chi connectivity index (χ2v) is 5.98. The summed E-state index contributed by atoms with van der Waals surface area (Å²) in [5.41, 5.74) is 1.76. The monoisotopic (exact) mass is 277 g/mol. The van der Waals surface area contributed by atoms with Gasteiger partial charge in [0.05, 0.1) is 5.69 Å². The van der Waals surface area contributed by atoms with E-state index in [1.165, 1.54) is 12.8 Å². The van der Waals surface area contributed by atoms with Crippen molar-refractivity contribution in [3.05, 3.63) is 29.6 Å². The van der Waals surface area contributed by atoms with E-state index in [4.69, 9.17) is 0 Å². The van der Waals surface area contributed by atoms with Crippen molar-refractivity contribution < 1.29 is 4.39 Å². The van der Waals surface area contributed by atoms with Crippen LogP contribution in [-0.4, -0.2) is 44.2 Å². The second kappa shape index (κ2) is 5.70. The van der Waals surface area contributed by atoms with E-state index in [-0.39, 0.29) is 11.9 Å². The minimum Gasteiger partial charge on any atom is -0.367 e. The topological polar surface area (TPSA) is 18.5 Å². The molecule has 0 aromatic heterocycles. The van der Waals surface area contributed by atoms with Gasteiger partial charge in [0.25, 0.3) is 0 Å². The third-order valence-electron chi connectivity index (χ3n) is 4.62. The summed E-state index contributed by atoms with van der Waals surface area (Å²) in [5, 5.41) is 3.15. The first-order chi connectivity index (χ1) is 9.69. The fourth-order valence-electron chi connectivity index (χ4n) is 2.98. The Balaban J connectivity index is 1.67. The normalized spacial score (nSPS) is 22.1. The Morgan fingerprint density at radius 1 is 1.20 bits per heavy atom. The van der Waals surface area contributed by atoms with Crippen LogP contribution < -0.4 is 10.2 Å². The number of benzene rings is 1. The number of hydrogen-bond acceptors (Lipinski definition) is 3. The highest BCUT2D eigenvalue weighted by molar-refractivity contribution is 5.50. The summed E-state index contributed by atoms with van der Waals surface area (Å²) >= 11 is 0. The highest BCUT2D eigenvalue weighted by atomic mass is 19.1. The molecular formula is C16H24FN3. The fraction of sp³-hybridized carbons (Fsp3) is 0.625. The molecule has 1 aromatic carbocycles. The number of piperazine rings is 1. The predicted molar refractivity (Wildman–Crippen MR) is 80.7 cm³/mol. The Bertz CT molecular complexity index is 465. The Morgan fingerprint density at radius 2 is 1.90 bits per heavy atom. The van der Waals surface area contributed by atoms with Crippen LogP contribution in [0.25, 0.3) is 0 Å². The molecule has 1 N–H and O–H groups in total. The summed E-state index contributed by atoms with van der Waals surface area (Å²) in [4.78, 5) is 4.73. The van der Waals surface area contributed by atoms with Crippen LogP contribution in [0.2, 0.25) is 0 Å². The lowest BCUT2D eigenvalue weighted by atomic mass is 10.1. The maximum absolute atomic E-state index is 14.3. The molecule has 1 heterocycles. The minimum absolute atomic E-state index is 0.0931. The van der Waals surface area contributed by atoms with Crippen molar-refractivity contribution in [2.45, 2.75) is 31.8 Å². The molecule has 2 fully saturated rings. The van der Waals surface area contributed by atoms with Gasteiger partial charge in [-0.15, -0.1) is 0 Å². The van der Waals surface area contributed by atoms with Crippen molar-refractivity contribution in [2.75, 3.05) is 38.1 Å². The average molecular weight is 277 g/mol. The van der Waals surface area contributed by atoms with Gasteiger partial charge in [-0.2, -0.15) is 0 Å². The molecule has 0 bridgehead atoms. The zero-order valence-electron chi connectivity index (χ0n) is 12.4. The molecule has 20 heavy (non-hydrogen) atoms. The van der Waals surface area contributed by atoms with E-state index in [1.54, 1.807) is 6.07 Å². The Morgan fingerprint density at radius 3 is 2.45 bits per heavy atom. The van der Waals surface area contributed by atoms with Crippen LogP contribution in [0.15, 0.2) is 18.2 Å². The third-order valence-corrected chi connectivity index (χ3v) is 4.62. The molecule has 1 saturated carbocycles. The first kappa shape index (κ1) is 13.8. The number of hydrogen-bond donors (Lipinski definition) is 1. The lowest BCUT2D eigenvalue weighted by Gasteiger charge is -2.36. The van der Waals surface area contributed by atoms with Gasteiger partial charge in [0, 0.05) is 38.3 Å². The van der Waals surface area contributed by atoms with Gasteiger partial charge in [-0.1, -0.05) is 6.07 Å². The molecule has 1 unspecified atom stereocenters. The number of anilines is 1. The highest BCUT2D eigenvalue weighted by Gasteiger charge is 2.31. The molecule has 110 valence electrons. The van der Waals surface area contributed by atoms with Gasteiger partial charge >= 0.3 is 0 Å². The zero-order valence-corrected chi connectivity index (χ0v) is 12.4. The lowest BCUT2D eigenvalue weighted by Crippen LogP contribution is -2.47. The molecule has 0 spiro atoms. The van der Waals surface area contributed by atoms with Crippen LogP contribution in [0, 0.1) is 5.82 Å². The van der Waals surface area contributed by atoms with Crippen molar-refractivity contribution in [2.24, 2.45) is 0 Å². The molecule has 1 atom stereocenters. The summed E-state index contributed by atoms with van der Waals surface area (Å²) in [7, 11) is 1.90. The first-order valence-electron chi connectivity index (χ1n) is 7.64. The van der Waals surface area contributed by atoms with Crippen molar-refractivity contribution in [3.8, 4) is 0 Å². The molecule has 3 nitrogen and oxygen atoms in total. The van der Waals surface area contributed by atoms with E-state index in [9.17, 15) is 4.39 Å². The number of nitrogens with zero attached hydrogens (tertiary/aromatic N) is 2. The molecule has 3 rings (SSSR count). The van der Waals surface area contributed by atoms with Crippen molar-refractivity contribution in [3.63, 3.8) is 0 Å². The van der Waals surface area contributed by atoms with E-state index in [0.717, 1.165) is 43.5 Å². The fourth-order valence-corrected chi connectivity index (χ4v) is 2.98. The molecular weight excluding hydrogens is 253 g/mol. The van der Waals surface area contributed by atoms with Crippen LogP contribution in [-0.2, 0) is 0 Å². The van der Waals surface area contributed by atoms with Crippen molar-refractivity contribution in [1.82, 2.24) is 10.2 Å². The van der Waals surface area contributed by atoms with Gasteiger partial charge in [-0.05, 0) is 44.5 Å². The highest BCUT2D eigenvalue weighted by Crippen LogP contribution is 2.29. The molecule has 1 aliphatic heterocycles. The molecule has 1 aromatic rings. The third kappa shape index (κ3) is 2.81. The standard InChI is InChI=1S/C16H24FN3/c1-12(18-2)13-3-6-16(15(17)11-13)20-9-7-19(8-10-20)14-4-5-14/h3,6,11-12,14,18H,4-5,7-10H2,1-2H3. The lowest BCUT2D eigenvalue weighted by molar-refractivity contribution is 0.247. The second-order valence-electron chi connectivity index (χ2n) is 5.98. The smallest absolute Gasteiger partial charge is 0.146 e. The SMILES string of the molecule is CNC(C)c1ccc(N2CCN(C3CC3)CC2)c(F)c1.